The second-order valence-corrected chi connectivity index (χ2v) is 6.97. The van der Waals surface area contributed by atoms with E-state index in [0.717, 1.165) is 25.7 Å². The van der Waals surface area contributed by atoms with E-state index in [1.807, 2.05) is 13.8 Å². The first-order valence-electron chi connectivity index (χ1n) is 7.57. The average molecular weight is 280 g/mol. The van der Waals surface area contributed by atoms with Crippen molar-refractivity contribution in [1.82, 2.24) is 0 Å². The summed E-state index contributed by atoms with van der Waals surface area (Å²) >= 11 is 0. The lowest BCUT2D eigenvalue weighted by Gasteiger charge is -2.23. The Morgan fingerprint density at radius 2 is 1.85 bits per heavy atom. The van der Waals surface area contributed by atoms with E-state index in [2.05, 4.69) is 0 Å². The number of fused-ring (bicyclic) bond motifs is 5. The van der Waals surface area contributed by atoms with Crippen molar-refractivity contribution in [2.24, 2.45) is 17.8 Å². The van der Waals surface area contributed by atoms with E-state index in [4.69, 9.17) is 14.2 Å². The molecule has 0 aromatic carbocycles. The molecule has 0 aromatic heterocycles. The Morgan fingerprint density at radius 3 is 2.65 bits per heavy atom. The summed E-state index contributed by atoms with van der Waals surface area (Å²) in [4.78, 5) is 23.7. The summed E-state index contributed by atoms with van der Waals surface area (Å²) in [5.41, 5.74) is -0.301. The quantitative estimate of drug-likeness (QED) is 0.496. The van der Waals surface area contributed by atoms with Gasteiger partial charge < -0.3 is 14.2 Å². The van der Waals surface area contributed by atoms with Gasteiger partial charge in [-0.2, -0.15) is 0 Å². The van der Waals surface area contributed by atoms with Crippen LogP contribution in [0.4, 0.5) is 0 Å². The fraction of sp³-hybridized carbons (Fsp3) is 0.867. The Bertz CT molecular complexity index is 475. The topological polar surface area (TPSA) is 65.1 Å². The highest BCUT2D eigenvalue weighted by Gasteiger charge is 2.63. The molecule has 110 valence electrons. The lowest BCUT2D eigenvalue weighted by Crippen LogP contribution is -2.30. The second-order valence-electron chi connectivity index (χ2n) is 6.97. The summed E-state index contributed by atoms with van der Waals surface area (Å²) in [5.74, 6) is -0.102. The molecule has 3 aliphatic heterocycles. The van der Waals surface area contributed by atoms with E-state index in [1.165, 1.54) is 0 Å². The molecule has 20 heavy (non-hydrogen) atoms. The molecule has 1 aliphatic carbocycles. The molecule has 0 unspecified atom stereocenters. The summed E-state index contributed by atoms with van der Waals surface area (Å²) in [6.07, 6.45) is 2.93. The third kappa shape index (κ3) is 1.72. The number of epoxide rings is 1. The van der Waals surface area contributed by atoms with Gasteiger partial charge in [0, 0.05) is 18.8 Å². The molecule has 3 heterocycles. The van der Waals surface area contributed by atoms with Crippen LogP contribution in [-0.4, -0.2) is 35.9 Å². The third-order valence-electron chi connectivity index (χ3n) is 5.61. The molecule has 0 aromatic rings. The van der Waals surface area contributed by atoms with Crippen molar-refractivity contribution in [3.8, 4) is 0 Å². The van der Waals surface area contributed by atoms with E-state index < -0.39 is 0 Å². The van der Waals surface area contributed by atoms with Crippen LogP contribution < -0.4 is 0 Å². The molecule has 0 spiro atoms. The smallest absolute Gasteiger partial charge is 0.309 e. The summed E-state index contributed by atoms with van der Waals surface area (Å²) in [6, 6.07) is 0. The van der Waals surface area contributed by atoms with Crippen molar-refractivity contribution in [2.75, 3.05) is 0 Å². The SMILES string of the molecule is C[C@H]1C(=O)O[C@H]2C[C@@]3(C)O[C@H]3[C@@H]3C[C@H](CC[C@@H]21)C(=O)O3. The second kappa shape index (κ2) is 3.97. The summed E-state index contributed by atoms with van der Waals surface area (Å²) in [5, 5.41) is 0. The predicted octanol–water partition coefficient (Wildman–Crippen LogP) is 1.44. The maximum absolute atomic E-state index is 11.9. The summed E-state index contributed by atoms with van der Waals surface area (Å²) in [7, 11) is 0. The lowest BCUT2D eigenvalue weighted by atomic mass is 9.79. The van der Waals surface area contributed by atoms with E-state index >= 15 is 0 Å². The van der Waals surface area contributed by atoms with Gasteiger partial charge >= 0.3 is 11.9 Å². The van der Waals surface area contributed by atoms with Crippen LogP contribution in [0.25, 0.3) is 0 Å². The number of esters is 2. The van der Waals surface area contributed by atoms with Crippen LogP contribution in [0.3, 0.4) is 0 Å². The maximum atomic E-state index is 11.9. The van der Waals surface area contributed by atoms with Crippen LogP contribution in [0.1, 0.15) is 39.5 Å². The van der Waals surface area contributed by atoms with Crippen molar-refractivity contribution in [2.45, 2.75) is 63.4 Å². The lowest BCUT2D eigenvalue weighted by molar-refractivity contribution is -0.145. The van der Waals surface area contributed by atoms with Crippen molar-refractivity contribution >= 4 is 11.9 Å². The molecule has 0 amide bonds. The van der Waals surface area contributed by atoms with Crippen molar-refractivity contribution < 1.29 is 23.8 Å². The number of rotatable bonds is 0. The standard InChI is InChI=1S/C15H20O5/c1-7-9-4-3-8-5-10(18-14(8)17)12-15(2,20-12)6-11(9)19-13(7)16/h7-12H,3-6H2,1-2H3/t7-,8+,9-,10+,11+,12+,15-/m1/s1. The Labute approximate surface area is 117 Å². The average Bonchev–Trinajstić information content (AvgIpc) is 2.80. The molecule has 5 nitrogen and oxygen atoms in total. The maximum Gasteiger partial charge on any atom is 0.309 e. The number of carbonyl (C=O) groups excluding carboxylic acids is 2. The van der Waals surface area contributed by atoms with Gasteiger partial charge in [0.1, 0.15) is 18.3 Å². The Morgan fingerprint density at radius 1 is 1.10 bits per heavy atom. The predicted molar refractivity (Wildman–Crippen MR) is 67.7 cm³/mol. The zero-order valence-electron chi connectivity index (χ0n) is 11.8. The molecular weight excluding hydrogens is 260 g/mol. The molecular formula is C15H20O5. The molecule has 5 heteroatoms. The van der Waals surface area contributed by atoms with E-state index in [1.54, 1.807) is 0 Å². The van der Waals surface area contributed by atoms with Gasteiger partial charge in [-0.25, -0.2) is 0 Å². The first-order chi connectivity index (χ1) is 9.48. The van der Waals surface area contributed by atoms with Crippen molar-refractivity contribution in [3.63, 3.8) is 0 Å². The molecule has 3 saturated heterocycles. The van der Waals surface area contributed by atoms with Gasteiger partial charge in [0.15, 0.2) is 0 Å². The Balaban J connectivity index is 1.62. The highest BCUT2D eigenvalue weighted by Crippen LogP contribution is 2.51. The Hall–Kier alpha value is -1.10. The van der Waals surface area contributed by atoms with E-state index in [-0.39, 0.29) is 53.6 Å². The zero-order chi connectivity index (χ0) is 14.1. The van der Waals surface area contributed by atoms with Gasteiger partial charge in [-0.3, -0.25) is 9.59 Å². The summed E-state index contributed by atoms with van der Waals surface area (Å²) < 4.78 is 16.8. The minimum Gasteiger partial charge on any atom is -0.462 e. The highest BCUT2D eigenvalue weighted by molar-refractivity contribution is 5.76. The van der Waals surface area contributed by atoms with Gasteiger partial charge in [0.05, 0.1) is 17.4 Å². The van der Waals surface area contributed by atoms with E-state index in [0.29, 0.717) is 0 Å². The first kappa shape index (κ1) is 12.6. The molecule has 4 rings (SSSR count). The van der Waals surface area contributed by atoms with Gasteiger partial charge in [0.25, 0.3) is 0 Å². The third-order valence-corrected chi connectivity index (χ3v) is 5.61. The molecule has 4 aliphatic rings. The molecule has 0 radical (unpaired) electrons. The Kier molecular flexibility index (Phi) is 2.50. The zero-order valence-corrected chi connectivity index (χ0v) is 11.8. The molecule has 7 atom stereocenters. The van der Waals surface area contributed by atoms with Gasteiger partial charge in [0.2, 0.25) is 0 Å². The van der Waals surface area contributed by atoms with Crippen LogP contribution >= 0.6 is 0 Å². The normalized spacial score (nSPS) is 53.7. The molecule has 1 saturated carbocycles. The van der Waals surface area contributed by atoms with Gasteiger partial charge in [-0.15, -0.1) is 0 Å². The largest absolute Gasteiger partial charge is 0.462 e. The molecule has 0 N–H and O–H groups in total. The van der Waals surface area contributed by atoms with Crippen LogP contribution in [0.15, 0.2) is 0 Å². The van der Waals surface area contributed by atoms with E-state index in [9.17, 15) is 9.59 Å². The van der Waals surface area contributed by atoms with Crippen LogP contribution in [0.2, 0.25) is 0 Å². The van der Waals surface area contributed by atoms with Crippen LogP contribution in [-0.2, 0) is 23.8 Å². The highest BCUT2D eigenvalue weighted by atomic mass is 16.6. The number of carbonyl (C=O) groups is 2. The number of ether oxygens (including phenoxy) is 3. The summed E-state index contributed by atoms with van der Waals surface area (Å²) in [6.45, 7) is 3.97. The monoisotopic (exact) mass is 280 g/mol. The molecule has 4 fully saturated rings. The number of hydrogen-bond acceptors (Lipinski definition) is 5. The minimum absolute atomic E-state index is 0.0233. The van der Waals surface area contributed by atoms with Crippen molar-refractivity contribution in [3.05, 3.63) is 0 Å². The van der Waals surface area contributed by atoms with Gasteiger partial charge in [-0.1, -0.05) is 6.92 Å². The minimum atomic E-state index is -0.301. The van der Waals surface area contributed by atoms with Crippen LogP contribution in [0, 0.1) is 17.8 Å². The van der Waals surface area contributed by atoms with Crippen LogP contribution in [0.5, 0.6) is 0 Å². The molecule has 2 bridgehead atoms. The van der Waals surface area contributed by atoms with Gasteiger partial charge in [-0.05, 0) is 19.8 Å². The number of hydrogen-bond donors (Lipinski definition) is 0. The first-order valence-corrected chi connectivity index (χ1v) is 7.57. The fourth-order valence-electron chi connectivity index (χ4n) is 4.24. The fourth-order valence-corrected chi connectivity index (χ4v) is 4.24. The van der Waals surface area contributed by atoms with Crippen molar-refractivity contribution in [1.29, 1.82) is 0 Å².